The predicted octanol–water partition coefficient (Wildman–Crippen LogP) is 3.06. The second-order valence-electron chi connectivity index (χ2n) is 6.13. The molecule has 6 heteroatoms. The maximum absolute atomic E-state index is 12.1. The highest BCUT2D eigenvalue weighted by molar-refractivity contribution is 5.85. The number of hydrogen-bond acceptors (Lipinski definition) is 4. The van der Waals surface area contributed by atoms with Gasteiger partial charge >= 0.3 is 0 Å². The molecule has 1 saturated heterocycles. The first-order valence-corrected chi connectivity index (χ1v) is 8.61. The van der Waals surface area contributed by atoms with Crippen LogP contribution in [0.3, 0.4) is 0 Å². The van der Waals surface area contributed by atoms with Crippen molar-refractivity contribution in [2.45, 2.75) is 32.0 Å². The molecular formula is C20H25ClN2O3. The van der Waals surface area contributed by atoms with Gasteiger partial charge in [-0.15, -0.1) is 12.4 Å². The molecule has 3 rings (SSSR count). The first-order valence-electron chi connectivity index (χ1n) is 8.61. The summed E-state index contributed by atoms with van der Waals surface area (Å²) in [5, 5.41) is 6.17. The Labute approximate surface area is 160 Å². The fourth-order valence-electron chi connectivity index (χ4n) is 2.90. The molecule has 1 unspecified atom stereocenters. The van der Waals surface area contributed by atoms with Crippen LogP contribution in [0.5, 0.6) is 11.5 Å². The van der Waals surface area contributed by atoms with E-state index in [1.54, 1.807) is 7.11 Å². The zero-order valence-corrected chi connectivity index (χ0v) is 15.7. The van der Waals surface area contributed by atoms with Gasteiger partial charge in [-0.05, 0) is 42.6 Å². The second-order valence-corrected chi connectivity index (χ2v) is 6.13. The predicted molar refractivity (Wildman–Crippen MR) is 104 cm³/mol. The van der Waals surface area contributed by atoms with Crippen LogP contribution < -0.4 is 20.1 Å². The lowest BCUT2D eigenvalue weighted by Crippen LogP contribution is -2.39. The van der Waals surface area contributed by atoms with Crippen molar-refractivity contribution in [1.82, 2.24) is 10.6 Å². The molecule has 2 aromatic carbocycles. The van der Waals surface area contributed by atoms with E-state index in [4.69, 9.17) is 9.47 Å². The van der Waals surface area contributed by atoms with Gasteiger partial charge in [-0.2, -0.15) is 0 Å². The van der Waals surface area contributed by atoms with E-state index in [0.717, 1.165) is 30.5 Å². The minimum absolute atomic E-state index is 0. The molecule has 0 radical (unpaired) electrons. The highest BCUT2D eigenvalue weighted by atomic mass is 35.5. The van der Waals surface area contributed by atoms with Gasteiger partial charge in [-0.25, -0.2) is 0 Å². The van der Waals surface area contributed by atoms with Crippen LogP contribution >= 0.6 is 12.4 Å². The maximum atomic E-state index is 12.1. The lowest BCUT2D eigenvalue weighted by Gasteiger charge is -2.14. The molecule has 26 heavy (non-hydrogen) atoms. The summed E-state index contributed by atoms with van der Waals surface area (Å²) in [7, 11) is 1.62. The third kappa shape index (κ3) is 5.38. The van der Waals surface area contributed by atoms with Crippen LogP contribution in [0.4, 0.5) is 0 Å². The van der Waals surface area contributed by atoms with Crippen LogP contribution in [0.2, 0.25) is 0 Å². The molecule has 1 atom stereocenters. The number of hydrogen-bond donors (Lipinski definition) is 2. The molecular weight excluding hydrogens is 352 g/mol. The molecule has 1 aliphatic rings. The smallest absolute Gasteiger partial charge is 0.237 e. The fourth-order valence-corrected chi connectivity index (χ4v) is 2.90. The molecule has 5 nitrogen and oxygen atoms in total. The van der Waals surface area contributed by atoms with Crippen LogP contribution in [0.25, 0.3) is 0 Å². The summed E-state index contributed by atoms with van der Waals surface area (Å²) in [5.41, 5.74) is 2.08. The minimum Gasteiger partial charge on any atom is -0.493 e. The molecule has 0 aliphatic carbocycles. The maximum Gasteiger partial charge on any atom is 0.237 e. The molecule has 0 spiro atoms. The summed E-state index contributed by atoms with van der Waals surface area (Å²) in [6.07, 6.45) is 1.96. The van der Waals surface area contributed by atoms with E-state index in [0.29, 0.717) is 24.7 Å². The van der Waals surface area contributed by atoms with Gasteiger partial charge in [0.1, 0.15) is 6.61 Å². The molecule has 1 heterocycles. The Kier molecular flexibility index (Phi) is 7.75. The van der Waals surface area contributed by atoms with Gasteiger partial charge in [-0.3, -0.25) is 4.79 Å². The minimum atomic E-state index is -0.0598. The number of methoxy groups -OCH3 is 1. The van der Waals surface area contributed by atoms with Crippen molar-refractivity contribution < 1.29 is 14.3 Å². The van der Waals surface area contributed by atoms with Gasteiger partial charge in [0, 0.05) is 6.54 Å². The van der Waals surface area contributed by atoms with Crippen LogP contribution in [0.15, 0.2) is 48.5 Å². The van der Waals surface area contributed by atoms with Crippen molar-refractivity contribution >= 4 is 18.3 Å². The van der Waals surface area contributed by atoms with Crippen molar-refractivity contribution in [2.75, 3.05) is 13.7 Å². The van der Waals surface area contributed by atoms with Gasteiger partial charge < -0.3 is 20.1 Å². The number of benzene rings is 2. The van der Waals surface area contributed by atoms with E-state index in [1.165, 1.54) is 0 Å². The van der Waals surface area contributed by atoms with Crippen molar-refractivity contribution in [2.24, 2.45) is 0 Å². The average molecular weight is 377 g/mol. The number of nitrogens with one attached hydrogen (secondary N) is 2. The lowest BCUT2D eigenvalue weighted by atomic mass is 10.1. The van der Waals surface area contributed by atoms with Crippen molar-refractivity contribution in [1.29, 1.82) is 0 Å². The molecule has 1 fully saturated rings. The molecule has 0 bridgehead atoms. The highest BCUT2D eigenvalue weighted by Crippen LogP contribution is 2.28. The molecule has 0 saturated carbocycles. The fraction of sp³-hybridized carbons (Fsp3) is 0.350. The number of carbonyl (C=O) groups excluding carboxylic acids is 1. The summed E-state index contributed by atoms with van der Waals surface area (Å²) < 4.78 is 11.3. The standard InChI is InChI=1S/C20H24N2O3.ClH/c1-24-19-12-16(13-22-20(23)17-8-5-11-21-17)9-10-18(19)25-14-15-6-3-2-4-7-15;/h2-4,6-7,9-10,12,17,21H,5,8,11,13-14H2,1H3,(H,22,23);1H. The second kappa shape index (κ2) is 10.0. The van der Waals surface area contributed by atoms with Crippen LogP contribution in [0.1, 0.15) is 24.0 Å². The molecule has 0 aromatic heterocycles. The Hall–Kier alpha value is -2.24. The molecule has 140 valence electrons. The first kappa shape index (κ1) is 20.1. The summed E-state index contributed by atoms with van der Waals surface area (Å²) >= 11 is 0. The Bertz CT molecular complexity index is 703. The van der Waals surface area contributed by atoms with Crippen molar-refractivity contribution in [3.8, 4) is 11.5 Å². The first-order chi connectivity index (χ1) is 12.3. The topological polar surface area (TPSA) is 59.6 Å². The number of halogens is 1. The van der Waals surface area contributed by atoms with E-state index in [-0.39, 0.29) is 24.4 Å². The zero-order valence-electron chi connectivity index (χ0n) is 14.9. The third-order valence-electron chi connectivity index (χ3n) is 4.31. The quantitative estimate of drug-likeness (QED) is 0.779. The van der Waals surface area contributed by atoms with Crippen molar-refractivity contribution in [3.05, 3.63) is 59.7 Å². The number of carbonyl (C=O) groups is 1. The Balaban J connectivity index is 0.00000243. The van der Waals surface area contributed by atoms with Crippen LogP contribution in [-0.4, -0.2) is 25.6 Å². The van der Waals surface area contributed by atoms with Gasteiger partial charge in [-0.1, -0.05) is 36.4 Å². The average Bonchev–Trinajstić information content (AvgIpc) is 3.20. The SMILES string of the molecule is COc1cc(CNC(=O)C2CCCN2)ccc1OCc1ccccc1.Cl. The molecule has 1 aliphatic heterocycles. The summed E-state index contributed by atoms with van der Waals surface area (Å²) in [4.78, 5) is 12.1. The number of rotatable bonds is 7. The van der Waals surface area contributed by atoms with Crippen LogP contribution in [-0.2, 0) is 17.9 Å². The molecule has 1 amide bonds. The zero-order chi connectivity index (χ0) is 17.5. The Morgan fingerprint density at radius 3 is 2.65 bits per heavy atom. The van der Waals surface area contributed by atoms with Crippen molar-refractivity contribution in [3.63, 3.8) is 0 Å². The normalized spacial score (nSPS) is 15.8. The largest absolute Gasteiger partial charge is 0.493 e. The number of ether oxygens (including phenoxy) is 2. The van der Waals surface area contributed by atoms with Gasteiger partial charge in [0.25, 0.3) is 0 Å². The van der Waals surface area contributed by atoms with E-state index in [9.17, 15) is 4.79 Å². The summed E-state index contributed by atoms with van der Waals surface area (Å²) in [6, 6.07) is 15.7. The Morgan fingerprint density at radius 2 is 1.96 bits per heavy atom. The van der Waals surface area contributed by atoms with Gasteiger partial charge in [0.05, 0.1) is 13.2 Å². The van der Waals surface area contributed by atoms with E-state index in [1.807, 2.05) is 48.5 Å². The Morgan fingerprint density at radius 1 is 1.15 bits per heavy atom. The van der Waals surface area contributed by atoms with Gasteiger partial charge in [0.15, 0.2) is 11.5 Å². The molecule has 2 aromatic rings. The summed E-state index contributed by atoms with van der Waals surface area (Å²) in [6.45, 7) is 1.88. The monoisotopic (exact) mass is 376 g/mol. The third-order valence-corrected chi connectivity index (χ3v) is 4.31. The number of amides is 1. The molecule has 2 N–H and O–H groups in total. The summed E-state index contributed by atoms with van der Waals surface area (Å²) in [5.74, 6) is 1.42. The van der Waals surface area contributed by atoms with Gasteiger partial charge in [0.2, 0.25) is 5.91 Å². The lowest BCUT2D eigenvalue weighted by molar-refractivity contribution is -0.122. The van der Waals surface area contributed by atoms with Crippen LogP contribution in [0, 0.1) is 0 Å². The van der Waals surface area contributed by atoms with E-state index >= 15 is 0 Å². The highest BCUT2D eigenvalue weighted by Gasteiger charge is 2.21. The van der Waals surface area contributed by atoms with E-state index < -0.39 is 0 Å². The van der Waals surface area contributed by atoms with E-state index in [2.05, 4.69) is 10.6 Å².